The van der Waals surface area contributed by atoms with E-state index in [0.717, 1.165) is 47.1 Å². The highest BCUT2D eigenvalue weighted by Crippen LogP contribution is 2.32. The lowest BCUT2D eigenvalue weighted by atomic mass is 10.2. The molecule has 0 aliphatic carbocycles. The number of aliphatic imine (C=N–C) groups is 1. The summed E-state index contributed by atoms with van der Waals surface area (Å²) >= 11 is 4.93. The standard InChI is InChI=1S/C20H17BrFN3OS/c21-17-4-2-1-3-14(17)13-18-19(26)23-20(27-18)25-11-9-24(10-12-25)16-7-5-15(22)6-8-16/h1-8,13H,9-12H2. The van der Waals surface area contributed by atoms with E-state index < -0.39 is 0 Å². The molecule has 2 aromatic rings. The molecule has 7 heteroatoms. The third-order valence-corrected chi connectivity index (χ3v) is 6.31. The van der Waals surface area contributed by atoms with Gasteiger partial charge in [-0.15, -0.1) is 0 Å². The van der Waals surface area contributed by atoms with Crippen LogP contribution in [0.15, 0.2) is 62.9 Å². The highest BCUT2D eigenvalue weighted by atomic mass is 79.9. The lowest BCUT2D eigenvalue weighted by molar-refractivity contribution is -0.113. The first-order valence-electron chi connectivity index (χ1n) is 8.63. The van der Waals surface area contributed by atoms with E-state index in [2.05, 4.69) is 30.7 Å². The van der Waals surface area contributed by atoms with Gasteiger partial charge in [0.05, 0.1) is 4.91 Å². The van der Waals surface area contributed by atoms with Crippen molar-refractivity contribution >= 4 is 50.5 Å². The van der Waals surface area contributed by atoms with Gasteiger partial charge in [-0.3, -0.25) is 4.79 Å². The molecule has 1 amide bonds. The lowest BCUT2D eigenvalue weighted by Gasteiger charge is -2.36. The molecule has 0 unspecified atom stereocenters. The molecule has 2 aliphatic rings. The molecule has 0 N–H and O–H groups in total. The van der Waals surface area contributed by atoms with Crippen molar-refractivity contribution in [2.24, 2.45) is 4.99 Å². The van der Waals surface area contributed by atoms with Crippen molar-refractivity contribution in [2.45, 2.75) is 0 Å². The number of hydrogen-bond acceptors (Lipinski definition) is 4. The number of thioether (sulfide) groups is 1. The number of piperazine rings is 1. The monoisotopic (exact) mass is 445 g/mol. The number of carbonyl (C=O) groups excluding carboxylic acids is 1. The normalized spacial score (nSPS) is 19.0. The largest absolute Gasteiger partial charge is 0.368 e. The minimum atomic E-state index is -0.225. The van der Waals surface area contributed by atoms with Gasteiger partial charge in [-0.1, -0.05) is 34.1 Å². The summed E-state index contributed by atoms with van der Waals surface area (Å²) in [6.45, 7) is 3.17. The third-order valence-electron chi connectivity index (χ3n) is 4.54. The Hall–Kier alpha value is -2.12. The van der Waals surface area contributed by atoms with E-state index in [-0.39, 0.29) is 11.7 Å². The lowest BCUT2D eigenvalue weighted by Crippen LogP contribution is -2.47. The van der Waals surface area contributed by atoms with Gasteiger partial charge in [-0.05, 0) is 53.7 Å². The zero-order valence-electron chi connectivity index (χ0n) is 14.4. The number of nitrogens with zero attached hydrogens (tertiary/aromatic N) is 3. The second kappa shape index (κ2) is 7.86. The topological polar surface area (TPSA) is 35.9 Å². The molecule has 138 valence electrons. The summed E-state index contributed by atoms with van der Waals surface area (Å²) in [5, 5.41) is 0.761. The van der Waals surface area contributed by atoms with Crippen LogP contribution in [0.5, 0.6) is 0 Å². The number of amidine groups is 1. The Morgan fingerprint density at radius 1 is 1.00 bits per heavy atom. The van der Waals surface area contributed by atoms with Crippen LogP contribution in [0.1, 0.15) is 5.56 Å². The highest BCUT2D eigenvalue weighted by Gasteiger charge is 2.28. The van der Waals surface area contributed by atoms with Gasteiger partial charge >= 0.3 is 0 Å². The van der Waals surface area contributed by atoms with Gasteiger partial charge in [0.1, 0.15) is 5.82 Å². The van der Waals surface area contributed by atoms with Crippen LogP contribution >= 0.6 is 27.7 Å². The number of hydrogen-bond donors (Lipinski definition) is 0. The van der Waals surface area contributed by atoms with Crippen LogP contribution in [-0.2, 0) is 4.79 Å². The van der Waals surface area contributed by atoms with Crippen LogP contribution in [0.25, 0.3) is 6.08 Å². The molecule has 2 aromatic carbocycles. The summed E-state index contributed by atoms with van der Waals surface area (Å²) in [7, 11) is 0. The molecule has 0 aromatic heterocycles. The zero-order valence-corrected chi connectivity index (χ0v) is 16.8. The molecule has 1 fully saturated rings. The highest BCUT2D eigenvalue weighted by molar-refractivity contribution is 9.10. The second-order valence-corrected chi connectivity index (χ2v) is 8.15. The van der Waals surface area contributed by atoms with Crippen molar-refractivity contribution < 1.29 is 9.18 Å². The Morgan fingerprint density at radius 2 is 1.67 bits per heavy atom. The van der Waals surface area contributed by atoms with Gasteiger partial charge in [0.2, 0.25) is 0 Å². The van der Waals surface area contributed by atoms with E-state index in [1.54, 1.807) is 12.1 Å². The number of rotatable bonds is 2. The summed E-state index contributed by atoms with van der Waals surface area (Å²) in [5.41, 5.74) is 1.98. The fourth-order valence-corrected chi connectivity index (χ4v) is 4.43. The third kappa shape index (κ3) is 4.09. The van der Waals surface area contributed by atoms with E-state index in [1.165, 1.54) is 23.9 Å². The zero-order chi connectivity index (χ0) is 18.8. The number of benzene rings is 2. The fourth-order valence-electron chi connectivity index (χ4n) is 3.07. The first-order chi connectivity index (χ1) is 13.1. The quantitative estimate of drug-likeness (QED) is 0.642. The van der Waals surface area contributed by atoms with Crippen LogP contribution in [0, 0.1) is 5.82 Å². The summed E-state index contributed by atoms with van der Waals surface area (Å²) in [6.07, 6.45) is 1.88. The van der Waals surface area contributed by atoms with Crippen LogP contribution in [0.4, 0.5) is 10.1 Å². The molecule has 0 spiro atoms. The van der Waals surface area contributed by atoms with Crippen LogP contribution in [0.2, 0.25) is 0 Å². The van der Waals surface area contributed by atoms with Crippen molar-refractivity contribution in [3.63, 3.8) is 0 Å². The fraction of sp³-hybridized carbons (Fsp3) is 0.200. The molecule has 27 heavy (non-hydrogen) atoms. The molecule has 0 radical (unpaired) electrons. The second-order valence-electron chi connectivity index (χ2n) is 6.28. The molecule has 4 rings (SSSR count). The van der Waals surface area contributed by atoms with Gasteiger partial charge in [0.15, 0.2) is 5.17 Å². The first kappa shape index (κ1) is 18.3. The van der Waals surface area contributed by atoms with Gasteiger partial charge in [0.25, 0.3) is 5.91 Å². The van der Waals surface area contributed by atoms with Crippen LogP contribution in [-0.4, -0.2) is 42.2 Å². The van der Waals surface area contributed by atoms with Crippen molar-refractivity contribution in [3.05, 3.63) is 69.3 Å². The Balaban J connectivity index is 1.41. The Bertz CT molecular complexity index is 921. The Morgan fingerprint density at radius 3 is 2.37 bits per heavy atom. The molecule has 0 saturated carbocycles. The van der Waals surface area contributed by atoms with Crippen LogP contribution < -0.4 is 4.90 Å². The van der Waals surface area contributed by atoms with Crippen molar-refractivity contribution in [2.75, 3.05) is 31.1 Å². The van der Waals surface area contributed by atoms with E-state index >= 15 is 0 Å². The summed E-state index contributed by atoms with van der Waals surface area (Å²) < 4.78 is 14.0. The maximum Gasteiger partial charge on any atom is 0.286 e. The molecule has 1 saturated heterocycles. The summed E-state index contributed by atoms with van der Waals surface area (Å²) in [6, 6.07) is 14.4. The maximum absolute atomic E-state index is 13.1. The van der Waals surface area contributed by atoms with Gasteiger partial charge < -0.3 is 9.80 Å². The average Bonchev–Trinajstić information content (AvgIpc) is 3.05. The molecular formula is C20H17BrFN3OS. The van der Waals surface area contributed by atoms with E-state index in [1.807, 2.05) is 30.3 Å². The van der Waals surface area contributed by atoms with Gasteiger partial charge in [-0.25, -0.2) is 4.39 Å². The Kier molecular flexibility index (Phi) is 5.31. The first-order valence-corrected chi connectivity index (χ1v) is 10.2. The van der Waals surface area contributed by atoms with Gasteiger partial charge in [-0.2, -0.15) is 4.99 Å². The Labute approximate surface area is 169 Å². The van der Waals surface area contributed by atoms with Crippen molar-refractivity contribution in [1.82, 2.24) is 4.90 Å². The number of carbonyl (C=O) groups is 1. The molecule has 2 aliphatic heterocycles. The average molecular weight is 446 g/mol. The molecule has 0 atom stereocenters. The van der Waals surface area contributed by atoms with E-state index in [9.17, 15) is 9.18 Å². The van der Waals surface area contributed by atoms with E-state index in [4.69, 9.17) is 0 Å². The molecular weight excluding hydrogens is 429 g/mol. The molecule has 4 nitrogen and oxygen atoms in total. The summed E-state index contributed by atoms with van der Waals surface area (Å²) in [4.78, 5) is 21.5. The number of anilines is 1. The predicted molar refractivity (Wildman–Crippen MR) is 112 cm³/mol. The smallest absolute Gasteiger partial charge is 0.286 e. The van der Waals surface area contributed by atoms with Crippen LogP contribution in [0.3, 0.4) is 0 Å². The predicted octanol–water partition coefficient (Wildman–Crippen LogP) is 4.38. The van der Waals surface area contributed by atoms with Crippen molar-refractivity contribution in [1.29, 1.82) is 0 Å². The minimum absolute atomic E-state index is 0.188. The maximum atomic E-state index is 13.1. The van der Waals surface area contributed by atoms with E-state index in [0.29, 0.717) is 4.91 Å². The summed E-state index contributed by atoms with van der Waals surface area (Å²) in [5.74, 6) is -0.413. The SMILES string of the molecule is O=C1N=C(N2CCN(c3ccc(F)cc3)CC2)SC1=Cc1ccccc1Br. The van der Waals surface area contributed by atoms with Crippen molar-refractivity contribution in [3.8, 4) is 0 Å². The molecule has 2 heterocycles. The van der Waals surface area contributed by atoms with Gasteiger partial charge in [0, 0.05) is 36.3 Å². The minimum Gasteiger partial charge on any atom is -0.368 e. The molecule has 0 bridgehead atoms. The number of halogens is 2. The number of amides is 1.